The molecule has 0 aromatic carbocycles. The zero-order valence-electron chi connectivity index (χ0n) is 5.32. The highest BCUT2D eigenvalue weighted by Crippen LogP contribution is 2.15. The lowest BCUT2D eigenvalue weighted by Gasteiger charge is -1.99. The van der Waals surface area contributed by atoms with E-state index in [1.54, 1.807) is 6.20 Å². The number of hydrogen-bond donors (Lipinski definition) is 1. The molecule has 0 fully saturated rings. The molecule has 1 rings (SSSR count). The summed E-state index contributed by atoms with van der Waals surface area (Å²) < 4.78 is 3.88. The molecule has 0 unspecified atom stereocenters. The van der Waals surface area contributed by atoms with Gasteiger partial charge in [0.1, 0.15) is 0 Å². The maximum Gasteiger partial charge on any atom is 0.0642 e. The first-order valence-corrected chi connectivity index (χ1v) is 3.65. The van der Waals surface area contributed by atoms with Crippen LogP contribution in [0, 0.1) is 11.3 Å². The predicted molar refractivity (Wildman–Crippen MR) is 39.3 cm³/mol. The summed E-state index contributed by atoms with van der Waals surface area (Å²) in [6.45, 7) is 0. The van der Waals surface area contributed by atoms with Crippen LogP contribution < -0.4 is 5.73 Å². The van der Waals surface area contributed by atoms with E-state index in [1.807, 2.05) is 12.1 Å². The van der Waals surface area contributed by atoms with E-state index >= 15 is 0 Å². The fourth-order valence-corrected chi connectivity index (χ4v) is 1.20. The Morgan fingerprint density at radius 2 is 2.70 bits per heavy atom. The molecule has 0 saturated heterocycles. The number of nitriles is 1. The quantitative estimate of drug-likeness (QED) is 0.690. The molecule has 0 aliphatic heterocycles. The Bertz CT molecular complexity index is 224. The summed E-state index contributed by atoms with van der Waals surface area (Å²) in [5.74, 6) is 0. The van der Waals surface area contributed by atoms with Gasteiger partial charge in [0.15, 0.2) is 0 Å². The lowest BCUT2D eigenvalue weighted by atomic mass is 10.2. The molecule has 3 nitrogen and oxygen atoms in total. The van der Waals surface area contributed by atoms with Crippen molar-refractivity contribution in [1.82, 2.24) is 4.37 Å². The topological polar surface area (TPSA) is 62.7 Å². The first kappa shape index (κ1) is 7.19. The normalized spacial score (nSPS) is 12.4. The molecular weight excluding hydrogens is 146 g/mol. The van der Waals surface area contributed by atoms with E-state index in [9.17, 15) is 0 Å². The van der Waals surface area contributed by atoms with Crippen LogP contribution in [-0.4, -0.2) is 4.37 Å². The molecule has 0 aliphatic carbocycles. The van der Waals surface area contributed by atoms with Crippen LogP contribution in [0.1, 0.15) is 17.3 Å². The van der Waals surface area contributed by atoms with Crippen molar-refractivity contribution in [3.63, 3.8) is 0 Å². The third kappa shape index (κ3) is 1.53. The molecule has 0 amide bonds. The second-order valence-electron chi connectivity index (χ2n) is 1.88. The monoisotopic (exact) mass is 153 g/mol. The molecular formula is C6H7N3S. The molecule has 10 heavy (non-hydrogen) atoms. The molecule has 4 heteroatoms. The summed E-state index contributed by atoms with van der Waals surface area (Å²) >= 11 is 1.34. The van der Waals surface area contributed by atoms with Gasteiger partial charge in [-0.2, -0.15) is 5.26 Å². The van der Waals surface area contributed by atoms with Crippen LogP contribution in [0.4, 0.5) is 0 Å². The van der Waals surface area contributed by atoms with Crippen molar-refractivity contribution in [2.75, 3.05) is 0 Å². The van der Waals surface area contributed by atoms with Crippen LogP contribution in [-0.2, 0) is 0 Å². The van der Waals surface area contributed by atoms with Gasteiger partial charge in [-0.25, -0.2) is 4.37 Å². The Labute approximate surface area is 63.3 Å². The molecule has 2 N–H and O–H groups in total. The molecule has 0 radical (unpaired) electrons. The molecule has 1 atom stereocenters. The van der Waals surface area contributed by atoms with Gasteiger partial charge in [0.05, 0.1) is 18.5 Å². The molecule has 1 heterocycles. The van der Waals surface area contributed by atoms with Crippen LogP contribution in [0.5, 0.6) is 0 Å². The minimum absolute atomic E-state index is 0.155. The van der Waals surface area contributed by atoms with E-state index in [0.717, 1.165) is 4.88 Å². The summed E-state index contributed by atoms with van der Waals surface area (Å²) in [6, 6.07) is 3.69. The number of nitrogens with two attached hydrogens (primary N) is 1. The largest absolute Gasteiger partial charge is 0.322 e. The van der Waals surface area contributed by atoms with Gasteiger partial charge in [-0.3, -0.25) is 0 Å². The Morgan fingerprint density at radius 1 is 1.90 bits per heavy atom. The second-order valence-corrected chi connectivity index (χ2v) is 2.75. The maximum atomic E-state index is 8.29. The van der Waals surface area contributed by atoms with Crippen LogP contribution in [0.25, 0.3) is 0 Å². The van der Waals surface area contributed by atoms with Crippen molar-refractivity contribution in [2.45, 2.75) is 12.5 Å². The first-order chi connectivity index (χ1) is 4.84. The van der Waals surface area contributed by atoms with Gasteiger partial charge in [0.25, 0.3) is 0 Å². The highest BCUT2D eigenvalue weighted by atomic mass is 32.1. The van der Waals surface area contributed by atoms with Crippen LogP contribution in [0.2, 0.25) is 0 Å². The van der Waals surface area contributed by atoms with Crippen molar-refractivity contribution >= 4 is 11.5 Å². The molecule has 0 aliphatic rings. The Kier molecular flexibility index (Phi) is 2.37. The van der Waals surface area contributed by atoms with Gasteiger partial charge in [-0.05, 0) is 17.6 Å². The van der Waals surface area contributed by atoms with E-state index in [0.29, 0.717) is 6.42 Å². The summed E-state index contributed by atoms with van der Waals surface area (Å²) in [5.41, 5.74) is 5.60. The average Bonchev–Trinajstić information content (AvgIpc) is 2.38. The van der Waals surface area contributed by atoms with Gasteiger partial charge < -0.3 is 5.73 Å². The van der Waals surface area contributed by atoms with Crippen LogP contribution >= 0.6 is 11.5 Å². The van der Waals surface area contributed by atoms with Crippen molar-refractivity contribution in [3.05, 3.63) is 17.1 Å². The average molecular weight is 153 g/mol. The molecule has 0 bridgehead atoms. The third-order valence-electron chi connectivity index (χ3n) is 1.13. The Balaban J connectivity index is 2.61. The highest BCUT2D eigenvalue weighted by molar-refractivity contribution is 7.05. The number of aromatic nitrogens is 1. The summed E-state index contributed by atoms with van der Waals surface area (Å²) in [7, 11) is 0. The Hall–Kier alpha value is -0.920. The molecule has 52 valence electrons. The third-order valence-corrected chi connectivity index (χ3v) is 2.01. The minimum atomic E-state index is -0.155. The molecule has 0 spiro atoms. The zero-order valence-corrected chi connectivity index (χ0v) is 6.14. The van der Waals surface area contributed by atoms with Gasteiger partial charge in [-0.1, -0.05) is 0 Å². The Morgan fingerprint density at radius 3 is 3.20 bits per heavy atom. The van der Waals surface area contributed by atoms with Gasteiger partial charge in [0.2, 0.25) is 0 Å². The summed E-state index contributed by atoms with van der Waals surface area (Å²) in [6.07, 6.45) is 2.05. The fraction of sp³-hybridized carbons (Fsp3) is 0.333. The SMILES string of the molecule is N#CC[C@H](N)c1ccns1. The van der Waals surface area contributed by atoms with E-state index in [4.69, 9.17) is 11.0 Å². The minimum Gasteiger partial charge on any atom is -0.322 e. The number of nitrogens with zero attached hydrogens (tertiary/aromatic N) is 2. The van der Waals surface area contributed by atoms with Crippen molar-refractivity contribution in [1.29, 1.82) is 5.26 Å². The first-order valence-electron chi connectivity index (χ1n) is 2.87. The molecule has 1 aromatic heterocycles. The van der Waals surface area contributed by atoms with E-state index in [1.165, 1.54) is 11.5 Å². The van der Waals surface area contributed by atoms with E-state index < -0.39 is 0 Å². The second kappa shape index (κ2) is 3.30. The van der Waals surface area contributed by atoms with Crippen molar-refractivity contribution < 1.29 is 0 Å². The number of rotatable bonds is 2. The van der Waals surface area contributed by atoms with E-state index in [2.05, 4.69) is 4.37 Å². The van der Waals surface area contributed by atoms with Gasteiger partial charge in [-0.15, -0.1) is 0 Å². The fourth-order valence-electron chi connectivity index (χ4n) is 0.616. The maximum absolute atomic E-state index is 8.29. The van der Waals surface area contributed by atoms with Crippen molar-refractivity contribution in [3.8, 4) is 6.07 Å². The zero-order chi connectivity index (χ0) is 7.40. The molecule has 0 saturated carbocycles. The lowest BCUT2D eigenvalue weighted by molar-refractivity contribution is 0.765. The smallest absolute Gasteiger partial charge is 0.0642 e. The van der Waals surface area contributed by atoms with Crippen LogP contribution in [0.15, 0.2) is 12.3 Å². The van der Waals surface area contributed by atoms with Crippen molar-refractivity contribution in [2.24, 2.45) is 5.73 Å². The summed E-state index contributed by atoms with van der Waals surface area (Å²) in [5, 5.41) is 8.29. The van der Waals surface area contributed by atoms with Gasteiger partial charge >= 0.3 is 0 Å². The highest BCUT2D eigenvalue weighted by Gasteiger charge is 2.05. The number of hydrogen-bond acceptors (Lipinski definition) is 4. The standard InChI is InChI=1S/C6H7N3S/c7-3-1-5(8)6-2-4-9-10-6/h2,4-5H,1,8H2/t5-/m0/s1. The molecule has 1 aromatic rings. The van der Waals surface area contributed by atoms with Gasteiger partial charge in [0, 0.05) is 11.1 Å². The van der Waals surface area contributed by atoms with Crippen LogP contribution in [0.3, 0.4) is 0 Å². The summed E-state index contributed by atoms with van der Waals surface area (Å²) in [4.78, 5) is 0.974. The lowest BCUT2D eigenvalue weighted by Crippen LogP contribution is -2.06. The predicted octanol–water partition coefficient (Wildman–Crippen LogP) is 1.06. The van der Waals surface area contributed by atoms with E-state index in [-0.39, 0.29) is 6.04 Å².